The highest BCUT2D eigenvalue weighted by Crippen LogP contribution is 2.21. The minimum Gasteiger partial charge on any atom is -0.496 e. The number of halogens is 1. The number of nitrogens with one attached hydrogen (secondary N) is 3. The molecule has 0 radical (unpaired) electrons. The molecule has 41 heavy (non-hydrogen) atoms. The highest BCUT2D eigenvalue weighted by molar-refractivity contribution is 7.89. The number of carbonyl (C=O) groups excluding carboxylic acids is 4. The number of rotatable bonds is 15. The first kappa shape index (κ1) is 33.0. The second-order valence-corrected chi connectivity index (χ2v) is 11.2. The molecule has 12 nitrogen and oxygen atoms in total. The summed E-state index contributed by atoms with van der Waals surface area (Å²) in [4.78, 5) is 61.1. The van der Waals surface area contributed by atoms with Gasteiger partial charge in [0.2, 0.25) is 21.8 Å². The predicted octanol–water partition coefficient (Wildman–Crippen LogP) is 1.23. The molecular weight excluding hydrogens is 561 g/mol. The Morgan fingerprint density at radius 1 is 1.02 bits per heavy atom. The number of amides is 2. The summed E-state index contributed by atoms with van der Waals surface area (Å²) in [6.07, 6.45) is -1.13. The van der Waals surface area contributed by atoms with Crippen molar-refractivity contribution < 1.29 is 46.6 Å². The van der Waals surface area contributed by atoms with Gasteiger partial charge in [-0.3, -0.25) is 24.0 Å². The van der Waals surface area contributed by atoms with Crippen LogP contribution in [0.25, 0.3) is 0 Å². The highest BCUT2D eigenvalue weighted by atomic mass is 32.2. The number of carbonyl (C=O) groups is 5. The maximum atomic E-state index is 13.9. The third-order valence-corrected chi connectivity index (χ3v) is 7.38. The molecule has 2 aromatic rings. The number of aliphatic carboxylic acids is 1. The van der Waals surface area contributed by atoms with Crippen LogP contribution in [0.4, 0.5) is 4.39 Å². The van der Waals surface area contributed by atoms with E-state index in [1.54, 1.807) is 19.9 Å². The van der Waals surface area contributed by atoms with Gasteiger partial charge < -0.3 is 20.5 Å². The summed E-state index contributed by atoms with van der Waals surface area (Å²) < 4.78 is 45.9. The maximum Gasteiger partial charge on any atom is 0.305 e. The summed E-state index contributed by atoms with van der Waals surface area (Å²) in [5.74, 6) is -5.39. The number of carboxylic acid groups (broad SMARTS) is 1. The Labute approximate surface area is 236 Å². The van der Waals surface area contributed by atoms with Crippen LogP contribution < -0.4 is 20.1 Å². The van der Waals surface area contributed by atoms with Gasteiger partial charge in [0.25, 0.3) is 0 Å². The number of Topliss-reactive ketones (excluding diaryl/α,β-unsaturated/α-hetero) is 2. The van der Waals surface area contributed by atoms with Crippen molar-refractivity contribution in [3.63, 3.8) is 0 Å². The van der Waals surface area contributed by atoms with Gasteiger partial charge in [0.05, 0.1) is 32.5 Å². The molecule has 2 rings (SSSR count). The number of carboxylic acids is 1. The Morgan fingerprint density at radius 2 is 1.68 bits per heavy atom. The fraction of sp³-hybridized carbons (Fsp3) is 0.370. The van der Waals surface area contributed by atoms with Gasteiger partial charge in [0.15, 0.2) is 11.6 Å². The molecule has 2 aromatic carbocycles. The summed E-state index contributed by atoms with van der Waals surface area (Å²) >= 11 is 0. The molecule has 4 N–H and O–H groups in total. The summed E-state index contributed by atoms with van der Waals surface area (Å²) in [6.45, 7) is 3.65. The van der Waals surface area contributed by atoms with Crippen LogP contribution in [-0.2, 0) is 35.6 Å². The third kappa shape index (κ3) is 9.46. The number of benzene rings is 2. The SMILES string of the molecule is COc1ccc(C(C)=O)cc1CC(=O)N[C@H](C(=O)N[C@@H](CC(=O)O)C(=O)CNS(=O)(=O)c1ccccc1F)C(C)C. The zero-order valence-electron chi connectivity index (χ0n) is 22.9. The van der Waals surface area contributed by atoms with Crippen LogP contribution in [0.5, 0.6) is 5.75 Å². The van der Waals surface area contributed by atoms with E-state index < -0.39 is 75.3 Å². The number of ketones is 2. The van der Waals surface area contributed by atoms with E-state index in [0.29, 0.717) is 16.9 Å². The van der Waals surface area contributed by atoms with Crippen molar-refractivity contribution in [2.45, 2.75) is 50.6 Å². The second kappa shape index (κ2) is 14.5. The second-order valence-electron chi connectivity index (χ2n) is 9.43. The summed E-state index contributed by atoms with van der Waals surface area (Å²) in [6, 6.07) is 6.18. The van der Waals surface area contributed by atoms with Crippen molar-refractivity contribution in [3.8, 4) is 5.75 Å². The molecule has 0 heterocycles. The monoisotopic (exact) mass is 593 g/mol. The largest absolute Gasteiger partial charge is 0.496 e. The van der Waals surface area contributed by atoms with E-state index >= 15 is 0 Å². The van der Waals surface area contributed by atoms with E-state index in [1.807, 2.05) is 4.72 Å². The van der Waals surface area contributed by atoms with E-state index in [4.69, 9.17) is 4.74 Å². The Bertz CT molecular complexity index is 1430. The first-order valence-electron chi connectivity index (χ1n) is 12.4. The van der Waals surface area contributed by atoms with E-state index in [9.17, 15) is 41.9 Å². The Morgan fingerprint density at radius 3 is 2.24 bits per heavy atom. The molecule has 0 saturated carbocycles. The van der Waals surface area contributed by atoms with Crippen molar-refractivity contribution >= 4 is 39.4 Å². The maximum absolute atomic E-state index is 13.9. The van der Waals surface area contributed by atoms with Crippen molar-refractivity contribution in [2.24, 2.45) is 5.92 Å². The molecule has 0 bridgehead atoms. The molecule has 0 unspecified atom stereocenters. The first-order chi connectivity index (χ1) is 19.2. The Hall–Kier alpha value is -4.17. The molecule has 0 saturated heterocycles. The quantitative estimate of drug-likeness (QED) is 0.221. The fourth-order valence-electron chi connectivity index (χ4n) is 3.78. The summed E-state index contributed by atoms with van der Waals surface area (Å²) in [7, 11) is -3.07. The Balaban J connectivity index is 2.16. The van der Waals surface area contributed by atoms with Gasteiger partial charge >= 0.3 is 5.97 Å². The molecule has 0 fully saturated rings. The van der Waals surface area contributed by atoms with Gasteiger partial charge in [-0.1, -0.05) is 26.0 Å². The first-order valence-corrected chi connectivity index (χ1v) is 13.9. The molecule has 0 aliphatic rings. The lowest BCUT2D eigenvalue weighted by Crippen LogP contribution is -2.55. The van der Waals surface area contributed by atoms with Gasteiger partial charge in [-0.15, -0.1) is 0 Å². The number of sulfonamides is 1. The van der Waals surface area contributed by atoms with Crippen LogP contribution in [0.3, 0.4) is 0 Å². The minimum absolute atomic E-state index is 0.223. The summed E-state index contributed by atoms with van der Waals surface area (Å²) in [5.41, 5.74) is 0.745. The molecule has 0 aromatic heterocycles. The Kier molecular flexibility index (Phi) is 11.7. The van der Waals surface area contributed by atoms with Crippen LogP contribution in [0.2, 0.25) is 0 Å². The summed E-state index contributed by atoms with van der Waals surface area (Å²) in [5, 5.41) is 14.1. The van der Waals surface area contributed by atoms with Crippen molar-refractivity contribution in [1.29, 1.82) is 0 Å². The van der Waals surface area contributed by atoms with Crippen LogP contribution in [-0.4, -0.2) is 68.6 Å². The van der Waals surface area contributed by atoms with E-state index in [0.717, 1.165) is 12.1 Å². The van der Waals surface area contributed by atoms with Gasteiger partial charge in [0, 0.05) is 11.1 Å². The minimum atomic E-state index is -4.46. The van der Waals surface area contributed by atoms with Crippen molar-refractivity contribution in [1.82, 2.24) is 15.4 Å². The lowest BCUT2D eigenvalue weighted by Gasteiger charge is -2.25. The normalized spacial score (nSPS) is 12.7. The number of methoxy groups -OCH3 is 1. The number of ether oxygens (including phenoxy) is 1. The van der Waals surface area contributed by atoms with Gasteiger partial charge in [-0.05, 0) is 43.2 Å². The van der Waals surface area contributed by atoms with E-state index in [1.165, 1.54) is 38.3 Å². The average Bonchev–Trinajstić information content (AvgIpc) is 2.89. The van der Waals surface area contributed by atoms with E-state index in [-0.39, 0.29) is 12.2 Å². The van der Waals surface area contributed by atoms with Crippen LogP contribution in [0, 0.1) is 11.7 Å². The zero-order chi connectivity index (χ0) is 30.9. The lowest BCUT2D eigenvalue weighted by molar-refractivity contribution is -0.140. The predicted molar refractivity (Wildman–Crippen MR) is 144 cm³/mol. The smallest absolute Gasteiger partial charge is 0.305 e. The fourth-order valence-corrected chi connectivity index (χ4v) is 4.85. The lowest BCUT2D eigenvalue weighted by atomic mass is 10.0. The average molecular weight is 594 g/mol. The van der Waals surface area contributed by atoms with Gasteiger partial charge in [0.1, 0.15) is 22.5 Å². The molecule has 2 amide bonds. The van der Waals surface area contributed by atoms with Crippen molar-refractivity contribution in [2.75, 3.05) is 13.7 Å². The highest BCUT2D eigenvalue weighted by Gasteiger charge is 2.31. The third-order valence-electron chi connectivity index (χ3n) is 5.95. The molecule has 14 heteroatoms. The van der Waals surface area contributed by atoms with Crippen LogP contribution in [0.1, 0.15) is 43.1 Å². The molecule has 0 aliphatic carbocycles. The van der Waals surface area contributed by atoms with Gasteiger partial charge in [-0.25, -0.2) is 17.5 Å². The molecule has 2 atom stereocenters. The standard InChI is InChI=1S/C27H32FN3O9S/c1-15(2)26(31-24(34)12-18-11-17(16(3)32)9-10-22(18)40-4)27(37)30-20(13-25(35)36)21(33)14-29-41(38,39)23-8-6-5-7-19(23)28/h5-11,15,20,26,29H,12-14H2,1-4H3,(H,30,37)(H,31,34)(H,35,36)/t20-,26-/m0/s1. The van der Waals surface area contributed by atoms with Crippen molar-refractivity contribution in [3.05, 3.63) is 59.4 Å². The number of hydrogen-bond donors (Lipinski definition) is 4. The van der Waals surface area contributed by atoms with E-state index in [2.05, 4.69) is 10.6 Å². The molecule has 0 spiro atoms. The van der Waals surface area contributed by atoms with Crippen LogP contribution in [0.15, 0.2) is 47.4 Å². The molecule has 222 valence electrons. The van der Waals surface area contributed by atoms with Crippen LogP contribution >= 0.6 is 0 Å². The topological polar surface area (TPSA) is 185 Å². The number of hydrogen-bond acceptors (Lipinski definition) is 8. The zero-order valence-corrected chi connectivity index (χ0v) is 23.7. The molecular formula is C27H32FN3O9S. The van der Waals surface area contributed by atoms with Gasteiger partial charge in [-0.2, -0.15) is 0 Å². The molecule has 0 aliphatic heterocycles.